The molecule has 0 aromatic carbocycles. The van der Waals surface area contributed by atoms with Crippen LogP contribution in [0.1, 0.15) is 123 Å². The Balaban J connectivity index is 1.91. The Labute approximate surface area is 316 Å². The summed E-state index contributed by atoms with van der Waals surface area (Å²) in [7, 11) is 0. The molecule has 9 N–H and O–H groups in total. The second-order valence-electron chi connectivity index (χ2n) is 14.4. The molecule has 0 bridgehead atoms. The number of ether oxygens (including phenoxy) is 4. The van der Waals surface area contributed by atoms with Crippen LogP contribution in [-0.2, 0) is 23.7 Å². The van der Waals surface area contributed by atoms with Crippen molar-refractivity contribution in [2.75, 3.05) is 19.8 Å². The van der Waals surface area contributed by atoms with Crippen molar-refractivity contribution in [3.8, 4) is 0 Å². The van der Waals surface area contributed by atoms with E-state index in [1.54, 1.807) is 6.08 Å². The molecule has 53 heavy (non-hydrogen) atoms. The Kier molecular flexibility index (Phi) is 25.1. The van der Waals surface area contributed by atoms with Crippen LogP contribution in [-0.4, -0.2) is 140 Å². The molecule has 0 radical (unpaired) electrons. The molecule has 14 nitrogen and oxygen atoms in total. The van der Waals surface area contributed by atoms with Gasteiger partial charge in [-0.15, -0.1) is 0 Å². The van der Waals surface area contributed by atoms with Crippen molar-refractivity contribution in [3.63, 3.8) is 0 Å². The van der Waals surface area contributed by atoms with E-state index in [1.807, 2.05) is 6.08 Å². The summed E-state index contributed by atoms with van der Waals surface area (Å²) >= 11 is 0. The average Bonchev–Trinajstić information content (AvgIpc) is 3.15. The van der Waals surface area contributed by atoms with Crippen LogP contribution in [0.3, 0.4) is 0 Å². The zero-order chi connectivity index (χ0) is 39.0. The van der Waals surface area contributed by atoms with Gasteiger partial charge in [0.2, 0.25) is 5.91 Å². The number of nitrogens with one attached hydrogen (secondary N) is 1. The lowest BCUT2D eigenvalue weighted by Crippen LogP contribution is -2.65. The van der Waals surface area contributed by atoms with Gasteiger partial charge in [-0.1, -0.05) is 95.9 Å². The van der Waals surface area contributed by atoms with Gasteiger partial charge in [-0.05, 0) is 44.9 Å². The third kappa shape index (κ3) is 17.4. The number of aliphatic hydroxyl groups is 8. The summed E-state index contributed by atoms with van der Waals surface area (Å²) in [6, 6.07) is -0.910. The van der Waals surface area contributed by atoms with Crippen LogP contribution in [0.25, 0.3) is 0 Å². The van der Waals surface area contributed by atoms with Gasteiger partial charge >= 0.3 is 0 Å². The van der Waals surface area contributed by atoms with E-state index in [0.717, 1.165) is 70.6 Å². The zero-order valence-corrected chi connectivity index (χ0v) is 32.0. The summed E-state index contributed by atoms with van der Waals surface area (Å²) in [5.41, 5.74) is 0. The van der Waals surface area contributed by atoms with E-state index in [2.05, 4.69) is 31.3 Å². The van der Waals surface area contributed by atoms with Gasteiger partial charge in [0, 0.05) is 6.42 Å². The Morgan fingerprint density at radius 2 is 1.19 bits per heavy atom. The normalized spacial score (nSPS) is 30.6. The van der Waals surface area contributed by atoms with Gasteiger partial charge in [0.1, 0.15) is 48.8 Å². The van der Waals surface area contributed by atoms with Crippen molar-refractivity contribution in [2.24, 2.45) is 0 Å². The number of amides is 1. The summed E-state index contributed by atoms with van der Waals surface area (Å²) in [4.78, 5) is 13.0. The Hall–Kier alpha value is -1.53. The summed E-state index contributed by atoms with van der Waals surface area (Å²) in [6.07, 6.45) is 8.49. The molecule has 1 amide bonds. The standard InChI is InChI=1S/C39H71NO13/c1-3-5-7-9-11-12-13-14-15-16-17-19-21-23-31(44)40-27(28(43)22-20-18-10-8-6-4-2)26-50-38-36(49)34(47)37(30(25-42)52-38)53-39-35(48)33(46)32(45)29(24-41)51-39/h12-13,20,22,27-30,32-39,41-43,45-49H,3-11,14-19,21,23-26H2,1-2H3,(H,40,44)/b13-12-,22-20+. The first-order valence-electron chi connectivity index (χ1n) is 20.1. The second-order valence-corrected chi connectivity index (χ2v) is 14.4. The number of carbonyl (C=O) groups excluding carboxylic acids is 1. The topological polar surface area (TPSA) is 228 Å². The van der Waals surface area contributed by atoms with Gasteiger partial charge in [0.25, 0.3) is 0 Å². The lowest BCUT2D eigenvalue weighted by molar-refractivity contribution is -0.359. The molecule has 2 aliphatic rings. The minimum atomic E-state index is -1.78. The van der Waals surface area contributed by atoms with Crippen LogP contribution in [0.2, 0.25) is 0 Å². The van der Waals surface area contributed by atoms with Gasteiger partial charge in [0.15, 0.2) is 12.6 Å². The van der Waals surface area contributed by atoms with Crippen molar-refractivity contribution >= 4 is 5.91 Å². The Bertz CT molecular complexity index is 998. The molecule has 0 spiro atoms. The second kappa shape index (κ2) is 28.0. The quantitative estimate of drug-likeness (QED) is 0.0413. The predicted molar refractivity (Wildman–Crippen MR) is 198 cm³/mol. The fraction of sp³-hybridized carbons (Fsp3) is 0.872. The van der Waals surface area contributed by atoms with Crippen LogP contribution in [0.15, 0.2) is 24.3 Å². The SMILES string of the molecule is CCCCCC/C=C\CCCCCCCC(=O)NC(COC1OC(CO)C(OC2OC(CO)C(O)C(O)C2O)C(O)C1O)C(O)/C=C/CCCCCC. The van der Waals surface area contributed by atoms with Crippen LogP contribution >= 0.6 is 0 Å². The highest BCUT2D eigenvalue weighted by atomic mass is 16.7. The lowest BCUT2D eigenvalue weighted by Gasteiger charge is -2.46. The number of hydrogen-bond acceptors (Lipinski definition) is 13. The smallest absolute Gasteiger partial charge is 0.220 e. The number of carbonyl (C=O) groups is 1. The molecule has 2 fully saturated rings. The first-order valence-corrected chi connectivity index (χ1v) is 20.1. The van der Waals surface area contributed by atoms with Crippen LogP contribution in [0.5, 0.6) is 0 Å². The first-order chi connectivity index (χ1) is 25.6. The van der Waals surface area contributed by atoms with E-state index in [9.17, 15) is 45.6 Å². The Morgan fingerprint density at radius 3 is 1.79 bits per heavy atom. The number of allylic oxidation sites excluding steroid dienone is 3. The van der Waals surface area contributed by atoms with Gasteiger partial charge in [0.05, 0.1) is 32.0 Å². The highest BCUT2D eigenvalue weighted by molar-refractivity contribution is 5.76. The molecule has 0 saturated carbocycles. The van der Waals surface area contributed by atoms with E-state index >= 15 is 0 Å². The molecule has 2 heterocycles. The predicted octanol–water partition coefficient (Wildman–Crippen LogP) is 2.26. The largest absolute Gasteiger partial charge is 0.394 e. The highest BCUT2D eigenvalue weighted by Crippen LogP contribution is 2.29. The minimum Gasteiger partial charge on any atom is -0.394 e. The Morgan fingerprint density at radius 1 is 0.660 bits per heavy atom. The molecule has 2 saturated heterocycles. The van der Waals surface area contributed by atoms with Gasteiger partial charge < -0.3 is 65.1 Å². The fourth-order valence-electron chi connectivity index (χ4n) is 6.46. The van der Waals surface area contributed by atoms with Crippen molar-refractivity contribution in [2.45, 2.75) is 197 Å². The van der Waals surface area contributed by atoms with Gasteiger partial charge in [-0.3, -0.25) is 4.79 Å². The maximum absolute atomic E-state index is 13.0. The number of rotatable bonds is 28. The maximum atomic E-state index is 13.0. The van der Waals surface area contributed by atoms with Gasteiger partial charge in [-0.25, -0.2) is 0 Å². The number of aliphatic hydroxyl groups excluding tert-OH is 8. The van der Waals surface area contributed by atoms with Crippen LogP contribution in [0, 0.1) is 0 Å². The molecular formula is C39H71NO13. The monoisotopic (exact) mass is 761 g/mol. The maximum Gasteiger partial charge on any atom is 0.220 e. The van der Waals surface area contributed by atoms with E-state index in [-0.39, 0.29) is 18.9 Å². The van der Waals surface area contributed by atoms with E-state index in [4.69, 9.17) is 18.9 Å². The van der Waals surface area contributed by atoms with Crippen molar-refractivity contribution < 1.29 is 64.6 Å². The number of unbranched alkanes of at least 4 members (excludes halogenated alkanes) is 13. The third-order valence-electron chi connectivity index (χ3n) is 9.88. The summed E-state index contributed by atoms with van der Waals surface area (Å²) in [6.45, 7) is 2.62. The van der Waals surface area contributed by atoms with E-state index in [0.29, 0.717) is 6.42 Å². The molecule has 0 aromatic rings. The molecule has 14 heteroatoms. The molecular weight excluding hydrogens is 690 g/mol. The molecule has 0 aliphatic carbocycles. The molecule has 12 unspecified atom stereocenters. The van der Waals surface area contributed by atoms with Gasteiger partial charge in [-0.2, -0.15) is 0 Å². The highest BCUT2D eigenvalue weighted by Gasteiger charge is 2.50. The van der Waals surface area contributed by atoms with Crippen LogP contribution < -0.4 is 5.32 Å². The minimum absolute atomic E-state index is 0.258. The number of hydrogen-bond donors (Lipinski definition) is 9. The average molecular weight is 762 g/mol. The van der Waals surface area contributed by atoms with Crippen molar-refractivity contribution in [3.05, 3.63) is 24.3 Å². The molecule has 310 valence electrons. The molecule has 12 atom stereocenters. The summed E-state index contributed by atoms with van der Waals surface area (Å²) in [5, 5.41) is 85.8. The third-order valence-corrected chi connectivity index (χ3v) is 9.88. The van der Waals surface area contributed by atoms with Crippen molar-refractivity contribution in [1.82, 2.24) is 5.32 Å². The molecule has 0 aromatic heterocycles. The van der Waals surface area contributed by atoms with E-state index in [1.165, 1.54) is 25.7 Å². The zero-order valence-electron chi connectivity index (χ0n) is 32.0. The van der Waals surface area contributed by atoms with Crippen molar-refractivity contribution in [1.29, 1.82) is 0 Å². The van der Waals surface area contributed by atoms with Crippen LogP contribution in [0.4, 0.5) is 0 Å². The summed E-state index contributed by atoms with van der Waals surface area (Å²) < 4.78 is 22.5. The fourth-order valence-corrected chi connectivity index (χ4v) is 6.46. The van der Waals surface area contributed by atoms with E-state index < -0.39 is 86.8 Å². The summed E-state index contributed by atoms with van der Waals surface area (Å²) in [5.74, 6) is -0.258. The first kappa shape index (κ1) is 47.6. The molecule has 2 rings (SSSR count). The lowest BCUT2D eigenvalue weighted by atomic mass is 9.97. The molecule has 2 aliphatic heterocycles.